The third kappa shape index (κ3) is 2.84. The molecule has 19 heavy (non-hydrogen) atoms. The Morgan fingerprint density at radius 3 is 3.00 bits per heavy atom. The van der Waals surface area contributed by atoms with Crippen molar-refractivity contribution in [1.29, 1.82) is 0 Å². The number of fused-ring (bicyclic) bond motifs is 1. The molecule has 0 bridgehead atoms. The summed E-state index contributed by atoms with van der Waals surface area (Å²) in [6, 6.07) is 7.33. The second-order valence-corrected chi connectivity index (χ2v) is 5.25. The Balaban J connectivity index is 1.75. The minimum absolute atomic E-state index is 0.0194. The molecule has 0 unspecified atom stereocenters. The summed E-state index contributed by atoms with van der Waals surface area (Å²) in [4.78, 5) is 16.5. The summed E-state index contributed by atoms with van der Waals surface area (Å²) in [6.45, 7) is 2.25. The van der Waals surface area contributed by atoms with Crippen molar-refractivity contribution in [3.8, 4) is 0 Å². The molecule has 0 aliphatic carbocycles. The molecule has 3 rings (SSSR count). The van der Waals surface area contributed by atoms with Gasteiger partial charge in [0, 0.05) is 18.0 Å². The first kappa shape index (κ1) is 12.4. The number of nitrogens with one attached hydrogen (secondary N) is 1. The minimum atomic E-state index is 0.0194. The van der Waals surface area contributed by atoms with E-state index in [1.165, 1.54) is 12.8 Å². The number of hydrogen-bond acceptors (Lipinski definition) is 3. The molecule has 0 aromatic carbocycles. The average Bonchev–Trinajstić information content (AvgIpc) is 2.46. The zero-order valence-corrected chi connectivity index (χ0v) is 11.0. The number of aromatic nitrogens is 2. The summed E-state index contributed by atoms with van der Waals surface area (Å²) in [7, 11) is 0. The summed E-state index contributed by atoms with van der Waals surface area (Å²) in [5.41, 5.74) is 1.69. The van der Waals surface area contributed by atoms with E-state index < -0.39 is 0 Å². The van der Waals surface area contributed by atoms with E-state index >= 15 is 0 Å². The summed E-state index contributed by atoms with van der Waals surface area (Å²) >= 11 is 0. The van der Waals surface area contributed by atoms with Crippen LogP contribution in [0.15, 0.2) is 35.3 Å². The molecule has 1 aliphatic heterocycles. The SMILES string of the molecule is O=c1cc(CCC2CCNCC2)nc2ccccn12. The highest BCUT2D eigenvalue weighted by atomic mass is 16.1. The first-order valence-corrected chi connectivity index (χ1v) is 7.01. The molecule has 0 saturated carbocycles. The molecule has 2 aromatic rings. The summed E-state index contributed by atoms with van der Waals surface area (Å²) in [5, 5.41) is 3.38. The fourth-order valence-corrected chi connectivity index (χ4v) is 2.75. The van der Waals surface area contributed by atoms with E-state index in [2.05, 4.69) is 10.3 Å². The van der Waals surface area contributed by atoms with Crippen LogP contribution < -0.4 is 10.9 Å². The third-order valence-electron chi connectivity index (χ3n) is 3.89. The predicted molar refractivity (Wildman–Crippen MR) is 75.4 cm³/mol. The van der Waals surface area contributed by atoms with E-state index in [1.807, 2.05) is 18.2 Å². The van der Waals surface area contributed by atoms with Crippen LogP contribution in [0.2, 0.25) is 0 Å². The Morgan fingerprint density at radius 2 is 2.16 bits per heavy atom. The maximum absolute atomic E-state index is 12.0. The molecule has 0 atom stereocenters. The van der Waals surface area contributed by atoms with E-state index in [9.17, 15) is 4.79 Å². The van der Waals surface area contributed by atoms with Crippen molar-refractivity contribution in [2.45, 2.75) is 25.7 Å². The molecule has 4 nitrogen and oxygen atoms in total. The molecule has 1 saturated heterocycles. The monoisotopic (exact) mass is 257 g/mol. The molecule has 1 aliphatic rings. The largest absolute Gasteiger partial charge is 0.317 e. The fourth-order valence-electron chi connectivity index (χ4n) is 2.75. The molecular weight excluding hydrogens is 238 g/mol. The van der Waals surface area contributed by atoms with Crippen LogP contribution in [0.3, 0.4) is 0 Å². The fraction of sp³-hybridized carbons (Fsp3) is 0.467. The van der Waals surface area contributed by atoms with Crippen LogP contribution in [0.25, 0.3) is 5.65 Å². The number of pyridine rings is 1. The van der Waals surface area contributed by atoms with Gasteiger partial charge in [0.15, 0.2) is 0 Å². The quantitative estimate of drug-likeness (QED) is 0.909. The van der Waals surface area contributed by atoms with Gasteiger partial charge in [-0.15, -0.1) is 0 Å². The van der Waals surface area contributed by atoms with Crippen LogP contribution in [-0.2, 0) is 6.42 Å². The molecule has 0 radical (unpaired) electrons. The highest BCUT2D eigenvalue weighted by molar-refractivity contribution is 5.37. The maximum atomic E-state index is 12.0. The van der Waals surface area contributed by atoms with Gasteiger partial charge in [-0.2, -0.15) is 0 Å². The van der Waals surface area contributed by atoms with Crippen molar-refractivity contribution in [2.24, 2.45) is 5.92 Å². The first-order valence-electron chi connectivity index (χ1n) is 7.01. The van der Waals surface area contributed by atoms with Gasteiger partial charge in [-0.3, -0.25) is 9.20 Å². The van der Waals surface area contributed by atoms with Gasteiger partial charge in [0.05, 0.1) is 0 Å². The van der Waals surface area contributed by atoms with E-state index in [0.717, 1.165) is 43.2 Å². The van der Waals surface area contributed by atoms with Crippen LogP contribution >= 0.6 is 0 Å². The number of nitrogens with zero attached hydrogens (tertiary/aromatic N) is 2. The molecular formula is C15H19N3O. The lowest BCUT2D eigenvalue weighted by atomic mass is 9.92. The van der Waals surface area contributed by atoms with E-state index in [-0.39, 0.29) is 5.56 Å². The van der Waals surface area contributed by atoms with E-state index in [4.69, 9.17) is 0 Å². The van der Waals surface area contributed by atoms with Crippen LogP contribution in [0.4, 0.5) is 0 Å². The molecule has 0 spiro atoms. The standard InChI is InChI=1S/C15H19N3O/c19-15-11-13(5-4-12-6-8-16-9-7-12)17-14-3-1-2-10-18(14)15/h1-3,10-12,16H,4-9H2. The summed E-state index contributed by atoms with van der Waals surface area (Å²) in [5.74, 6) is 0.775. The zero-order chi connectivity index (χ0) is 13.1. The third-order valence-corrected chi connectivity index (χ3v) is 3.89. The lowest BCUT2D eigenvalue weighted by Gasteiger charge is -2.22. The van der Waals surface area contributed by atoms with Crippen molar-refractivity contribution in [1.82, 2.24) is 14.7 Å². The minimum Gasteiger partial charge on any atom is -0.317 e. The molecule has 2 aromatic heterocycles. The Morgan fingerprint density at radius 1 is 1.32 bits per heavy atom. The Bertz CT molecular complexity index is 614. The first-order chi connectivity index (χ1) is 9.33. The number of piperidine rings is 1. The van der Waals surface area contributed by atoms with Crippen LogP contribution in [0.1, 0.15) is 25.0 Å². The summed E-state index contributed by atoms with van der Waals surface area (Å²) in [6.07, 6.45) is 6.29. The van der Waals surface area contributed by atoms with Crippen molar-refractivity contribution >= 4 is 5.65 Å². The Kier molecular flexibility index (Phi) is 3.60. The van der Waals surface area contributed by atoms with Crippen molar-refractivity contribution in [3.05, 3.63) is 46.5 Å². The van der Waals surface area contributed by atoms with E-state index in [0.29, 0.717) is 0 Å². The molecule has 0 amide bonds. The number of hydrogen-bond donors (Lipinski definition) is 1. The number of aryl methyl sites for hydroxylation is 1. The van der Waals surface area contributed by atoms with Crippen molar-refractivity contribution in [3.63, 3.8) is 0 Å². The van der Waals surface area contributed by atoms with Crippen molar-refractivity contribution < 1.29 is 0 Å². The van der Waals surface area contributed by atoms with Gasteiger partial charge in [-0.25, -0.2) is 4.98 Å². The van der Waals surface area contributed by atoms with Gasteiger partial charge < -0.3 is 5.32 Å². The molecule has 1 N–H and O–H groups in total. The normalized spacial score (nSPS) is 16.8. The smallest absolute Gasteiger partial charge is 0.258 e. The van der Waals surface area contributed by atoms with E-state index in [1.54, 1.807) is 16.7 Å². The average molecular weight is 257 g/mol. The Labute approximate surface area is 112 Å². The van der Waals surface area contributed by atoms with Gasteiger partial charge in [0.1, 0.15) is 5.65 Å². The van der Waals surface area contributed by atoms with Crippen LogP contribution in [0.5, 0.6) is 0 Å². The lowest BCUT2D eigenvalue weighted by Crippen LogP contribution is -2.28. The topological polar surface area (TPSA) is 46.4 Å². The second kappa shape index (κ2) is 5.53. The molecule has 1 fully saturated rings. The van der Waals surface area contributed by atoms with Gasteiger partial charge in [-0.05, 0) is 56.8 Å². The molecule has 4 heteroatoms. The van der Waals surface area contributed by atoms with Gasteiger partial charge in [0.2, 0.25) is 0 Å². The Hall–Kier alpha value is -1.68. The second-order valence-electron chi connectivity index (χ2n) is 5.25. The molecule has 3 heterocycles. The predicted octanol–water partition coefficient (Wildman–Crippen LogP) is 1.63. The highest BCUT2D eigenvalue weighted by Crippen LogP contribution is 2.17. The number of rotatable bonds is 3. The van der Waals surface area contributed by atoms with Gasteiger partial charge in [0.25, 0.3) is 5.56 Å². The van der Waals surface area contributed by atoms with Gasteiger partial charge >= 0.3 is 0 Å². The lowest BCUT2D eigenvalue weighted by molar-refractivity contribution is 0.353. The summed E-state index contributed by atoms with van der Waals surface area (Å²) < 4.78 is 1.59. The van der Waals surface area contributed by atoms with Crippen LogP contribution in [-0.4, -0.2) is 22.5 Å². The zero-order valence-electron chi connectivity index (χ0n) is 11.0. The maximum Gasteiger partial charge on any atom is 0.258 e. The van der Waals surface area contributed by atoms with Gasteiger partial charge in [-0.1, -0.05) is 6.07 Å². The van der Waals surface area contributed by atoms with Crippen LogP contribution in [0, 0.1) is 5.92 Å². The highest BCUT2D eigenvalue weighted by Gasteiger charge is 2.13. The molecule has 100 valence electrons. The van der Waals surface area contributed by atoms with Crippen molar-refractivity contribution in [2.75, 3.05) is 13.1 Å².